The van der Waals surface area contributed by atoms with Crippen molar-refractivity contribution in [2.75, 3.05) is 7.11 Å². The van der Waals surface area contributed by atoms with Gasteiger partial charge in [-0.1, -0.05) is 49.0 Å². The van der Waals surface area contributed by atoms with Crippen LogP contribution < -0.4 is 4.74 Å². The third kappa shape index (κ3) is 5.46. The first-order valence-electron chi connectivity index (χ1n) is 9.73. The number of rotatable bonds is 8. The maximum atomic E-state index is 12.8. The minimum absolute atomic E-state index is 0.0978. The summed E-state index contributed by atoms with van der Waals surface area (Å²) in [6.45, 7) is 5.25. The smallest absolute Gasteiger partial charge is 0.333 e. The number of phenols is 1. The Morgan fingerprint density at radius 1 is 1.00 bits per heavy atom. The van der Waals surface area contributed by atoms with E-state index in [9.17, 15) is 14.7 Å². The number of nitrogens with zero attached hydrogens (tertiary/aromatic N) is 2. The molecule has 0 bridgehead atoms. The quantitative estimate of drug-likeness (QED) is 0.215. The lowest BCUT2D eigenvalue weighted by Gasteiger charge is -2.09. The molecule has 0 aliphatic rings. The highest BCUT2D eigenvalue weighted by Crippen LogP contribution is 2.36. The molecule has 0 aromatic heterocycles. The van der Waals surface area contributed by atoms with E-state index in [1.165, 1.54) is 19.2 Å². The van der Waals surface area contributed by atoms with Crippen LogP contribution in [0.4, 0.5) is 11.4 Å². The van der Waals surface area contributed by atoms with Gasteiger partial charge in [0.2, 0.25) is 0 Å². The van der Waals surface area contributed by atoms with Crippen LogP contribution in [0.5, 0.6) is 11.5 Å². The predicted molar refractivity (Wildman–Crippen MR) is 120 cm³/mol. The molecule has 0 amide bonds. The summed E-state index contributed by atoms with van der Waals surface area (Å²) in [5.74, 6) is -0.715. The van der Waals surface area contributed by atoms with Crippen molar-refractivity contribution >= 4 is 23.1 Å². The molecule has 3 aromatic carbocycles. The summed E-state index contributed by atoms with van der Waals surface area (Å²) >= 11 is 0. The fraction of sp³-hybridized carbons (Fsp3) is 0.120. The monoisotopic (exact) mass is 430 g/mol. The van der Waals surface area contributed by atoms with Crippen LogP contribution in [0, 0.1) is 0 Å². The van der Waals surface area contributed by atoms with Gasteiger partial charge in [0.15, 0.2) is 5.78 Å². The molecule has 0 saturated carbocycles. The van der Waals surface area contributed by atoms with Crippen molar-refractivity contribution < 1.29 is 24.2 Å². The fourth-order valence-electron chi connectivity index (χ4n) is 2.77. The summed E-state index contributed by atoms with van der Waals surface area (Å²) in [6, 6.07) is 18.4. The minimum Gasteiger partial charge on any atom is -0.507 e. The number of methoxy groups -OCH3 is 1. The summed E-state index contributed by atoms with van der Waals surface area (Å²) in [7, 11) is 1.44. The lowest BCUT2D eigenvalue weighted by Crippen LogP contribution is -2.04. The molecule has 0 unspecified atom stereocenters. The molecule has 0 aliphatic carbocycles. The SMILES string of the molecule is C=C(C)C(=O)OCc1ccc(N=Nc2cc(C(=O)c3ccccc3)c(O)cc2OC)cc1. The van der Waals surface area contributed by atoms with Crippen LogP contribution in [0.25, 0.3) is 0 Å². The molecule has 0 aliphatic heterocycles. The first kappa shape index (κ1) is 22.4. The second-order valence-electron chi connectivity index (χ2n) is 6.96. The van der Waals surface area contributed by atoms with Crippen molar-refractivity contribution in [1.82, 2.24) is 0 Å². The topological polar surface area (TPSA) is 97.6 Å². The van der Waals surface area contributed by atoms with Gasteiger partial charge in [-0.3, -0.25) is 4.79 Å². The van der Waals surface area contributed by atoms with Crippen LogP contribution in [-0.2, 0) is 16.1 Å². The number of aromatic hydroxyl groups is 1. The Bertz CT molecular complexity index is 1170. The van der Waals surface area contributed by atoms with E-state index >= 15 is 0 Å². The molecule has 0 atom stereocenters. The Morgan fingerprint density at radius 2 is 1.69 bits per heavy atom. The standard InChI is InChI=1S/C25H22N2O5/c1-16(2)25(30)32-15-17-9-11-19(12-10-17)26-27-21-13-20(22(28)14-23(21)31-3)24(29)18-7-5-4-6-8-18/h4-14,28H,1,15H2,2-3H3. The van der Waals surface area contributed by atoms with Crippen molar-refractivity contribution in [1.29, 1.82) is 0 Å². The second kappa shape index (κ2) is 10.2. The molecule has 3 aromatic rings. The predicted octanol–water partition coefficient (Wildman–Crippen LogP) is 5.67. The summed E-state index contributed by atoms with van der Waals surface area (Å²) in [5.41, 5.74) is 2.51. The molecule has 7 heteroatoms. The Labute approximate surface area is 185 Å². The van der Waals surface area contributed by atoms with Crippen LogP contribution in [-0.4, -0.2) is 24.0 Å². The van der Waals surface area contributed by atoms with Crippen LogP contribution >= 0.6 is 0 Å². The average molecular weight is 430 g/mol. The van der Waals surface area contributed by atoms with E-state index in [2.05, 4.69) is 16.8 Å². The number of ketones is 1. The Balaban J connectivity index is 1.81. The summed E-state index contributed by atoms with van der Waals surface area (Å²) in [4.78, 5) is 24.3. The number of azo groups is 1. The lowest BCUT2D eigenvalue weighted by atomic mass is 10.0. The van der Waals surface area contributed by atoms with Gasteiger partial charge >= 0.3 is 5.97 Å². The largest absolute Gasteiger partial charge is 0.507 e. The first-order valence-corrected chi connectivity index (χ1v) is 9.73. The van der Waals surface area contributed by atoms with Crippen molar-refractivity contribution in [3.8, 4) is 11.5 Å². The molecule has 0 heterocycles. The number of hydrogen-bond acceptors (Lipinski definition) is 7. The van der Waals surface area contributed by atoms with Gasteiger partial charge in [0.1, 0.15) is 23.8 Å². The Morgan fingerprint density at radius 3 is 2.31 bits per heavy atom. The number of esters is 1. The normalized spacial score (nSPS) is 10.7. The van der Waals surface area contributed by atoms with Crippen LogP contribution in [0.15, 0.2) is 89.1 Å². The van der Waals surface area contributed by atoms with Gasteiger partial charge in [-0.05, 0) is 30.7 Å². The van der Waals surface area contributed by atoms with E-state index < -0.39 is 5.97 Å². The summed E-state index contributed by atoms with van der Waals surface area (Å²) < 4.78 is 10.4. The van der Waals surface area contributed by atoms with Gasteiger partial charge in [0.05, 0.1) is 18.4 Å². The van der Waals surface area contributed by atoms with Crippen molar-refractivity contribution in [2.24, 2.45) is 10.2 Å². The third-order valence-corrected chi connectivity index (χ3v) is 4.51. The zero-order chi connectivity index (χ0) is 23.1. The van der Waals surface area contributed by atoms with E-state index in [0.717, 1.165) is 5.56 Å². The van der Waals surface area contributed by atoms with E-state index in [0.29, 0.717) is 22.5 Å². The third-order valence-electron chi connectivity index (χ3n) is 4.51. The van der Waals surface area contributed by atoms with Gasteiger partial charge < -0.3 is 14.6 Å². The van der Waals surface area contributed by atoms with Crippen LogP contribution in [0.3, 0.4) is 0 Å². The molecule has 32 heavy (non-hydrogen) atoms. The van der Waals surface area contributed by atoms with E-state index in [4.69, 9.17) is 9.47 Å². The molecule has 0 saturated heterocycles. The molecule has 0 radical (unpaired) electrons. The fourth-order valence-corrected chi connectivity index (χ4v) is 2.77. The van der Waals surface area contributed by atoms with Crippen molar-refractivity contribution in [3.05, 3.63) is 95.6 Å². The Hall–Kier alpha value is -4.26. The number of carbonyl (C=O) groups is 2. The zero-order valence-corrected chi connectivity index (χ0v) is 17.7. The Kier molecular flexibility index (Phi) is 7.13. The van der Waals surface area contributed by atoms with E-state index in [-0.39, 0.29) is 29.5 Å². The number of benzene rings is 3. The van der Waals surface area contributed by atoms with Gasteiger partial charge in [-0.15, -0.1) is 5.11 Å². The molecule has 1 N–H and O–H groups in total. The molecule has 0 fully saturated rings. The lowest BCUT2D eigenvalue weighted by molar-refractivity contribution is -0.140. The van der Waals surface area contributed by atoms with E-state index in [1.54, 1.807) is 61.5 Å². The number of hydrogen-bond donors (Lipinski definition) is 1. The van der Waals surface area contributed by atoms with Gasteiger partial charge in [-0.2, -0.15) is 5.11 Å². The number of phenolic OH excluding ortho intramolecular Hbond substituents is 1. The highest BCUT2D eigenvalue weighted by Gasteiger charge is 2.17. The molecular weight excluding hydrogens is 408 g/mol. The van der Waals surface area contributed by atoms with E-state index in [1.807, 2.05) is 0 Å². The van der Waals surface area contributed by atoms with Gasteiger partial charge in [0, 0.05) is 17.2 Å². The maximum Gasteiger partial charge on any atom is 0.333 e. The molecule has 3 rings (SSSR count). The molecule has 7 nitrogen and oxygen atoms in total. The van der Waals surface area contributed by atoms with Gasteiger partial charge in [0.25, 0.3) is 0 Å². The minimum atomic E-state index is -0.450. The molecule has 162 valence electrons. The van der Waals surface area contributed by atoms with Crippen LogP contribution in [0.2, 0.25) is 0 Å². The van der Waals surface area contributed by atoms with Crippen molar-refractivity contribution in [3.63, 3.8) is 0 Å². The molecular formula is C25H22N2O5. The number of carbonyl (C=O) groups excluding carboxylic acids is 2. The first-order chi connectivity index (χ1) is 15.4. The maximum absolute atomic E-state index is 12.8. The second-order valence-corrected chi connectivity index (χ2v) is 6.96. The zero-order valence-electron chi connectivity index (χ0n) is 17.7. The molecule has 0 spiro atoms. The summed E-state index contributed by atoms with van der Waals surface area (Å²) in [5, 5.41) is 18.7. The van der Waals surface area contributed by atoms with Crippen LogP contribution in [0.1, 0.15) is 28.4 Å². The average Bonchev–Trinajstić information content (AvgIpc) is 2.82. The summed E-state index contributed by atoms with van der Waals surface area (Å²) in [6.07, 6.45) is 0. The highest BCUT2D eigenvalue weighted by molar-refractivity contribution is 6.11. The van der Waals surface area contributed by atoms with Gasteiger partial charge in [-0.25, -0.2) is 4.79 Å². The highest BCUT2D eigenvalue weighted by atomic mass is 16.5. The number of ether oxygens (including phenoxy) is 2. The van der Waals surface area contributed by atoms with Crippen molar-refractivity contribution in [2.45, 2.75) is 13.5 Å².